The fourth-order valence-corrected chi connectivity index (χ4v) is 3.11. The van der Waals surface area contributed by atoms with Crippen molar-refractivity contribution in [2.45, 2.75) is 4.90 Å². The minimum Gasteiger partial charge on any atom is -0.387 e. The third-order valence-corrected chi connectivity index (χ3v) is 4.41. The zero-order valence-electron chi connectivity index (χ0n) is 11.0. The minimum atomic E-state index is -3.81. The third kappa shape index (κ3) is 3.24. The molecule has 0 saturated carbocycles. The molecular weight excluding hydrogens is 312 g/mol. The molecule has 0 aliphatic rings. The Balaban J connectivity index is 2.38. The Morgan fingerprint density at radius 1 is 1.33 bits per heavy atom. The Morgan fingerprint density at radius 2 is 2.10 bits per heavy atom. The van der Waals surface area contributed by atoms with Crippen LogP contribution in [0.25, 0.3) is 0 Å². The van der Waals surface area contributed by atoms with Crippen LogP contribution >= 0.6 is 11.6 Å². The maximum Gasteiger partial charge on any atom is 0.265 e. The van der Waals surface area contributed by atoms with Gasteiger partial charge in [0.1, 0.15) is 11.0 Å². The zero-order valence-corrected chi connectivity index (χ0v) is 12.5. The average molecular weight is 323 g/mol. The molecule has 0 aliphatic carbocycles. The van der Waals surface area contributed by atoms with Crippen LogP contribution in [-0.4, -0.2) is 20.4 Å². The summed E-state index contributed by atoms with van der Waals surface area (Å²) in [5.41, 5.74) is 0.971. The van der Waals surface area contributed by atoms with Crippen molar-refractivity contribution in [2.24, 2.45) is 0 Å². The van der Waals surface area contributed by atoms with E-state index in [1.165, 1.54) is 30.6 Å². The normalized spacial score (nSPS) is 10.7. The van der Waals surface area contributed by atoms with Crippen LogP contribution in [0.1, 0.15) is 5.56 Å². The number of benzene rings is 1. The van der Waals surface area contributed by atoms with Crippen molar-refractivity contribution in [1.82, 2.24) is 4.98 Å². The van der Waals surface area contributed by atoms with Crippen molar-refractivity contribution in [1.29, 1.82) is 5.26 Å². The molecule has 2 rings (SSSR count). The first-order valence-corrected chi connectivity index (χ1v) is 7.68. The Morgan fingerprint density at radius 3 is 2.71 bits per heavy atom. The molecule has 8 heteroatoms. The number of sulfonamides is 1. The lowest BCUT2D eigenvalue weighted by atomic mass is 10.2. The first-order chi connectivity index (χ1) is 9.97. The number of rotatable bonds is 4. The van der Waals surface area contributed by atoms with Crippen molar-refractivity contribution in [3.8, 4) is 6.07 Å². The third-order valence-electron chi connectivity index (χ3n) is 2.69. The molecule has 0 bridgehead atoms. The van der Waals surface area contributed by atoms with Gasteiger partial charge in [-0.05, 0) is 24.3 Å². The number of nitrogens with zero attached hydrogens (tertiary/aromatic N) is 2. The number of nitrogens with one attached hydrogen (secondary N) is 2. The Hall–Kier alpha value is -2.30. The van der Waals surface area contributed by atoms with Crippen LogP contribution < -0.4 is 10.0 Å². The van der Waals surface area contributed by atoms with Crippen molar-refractivity contribution < 1.29 is 8.42 Å². The molecule has 1 aromatic heterocycles. The summed E-state index contributed by atoms with van der Waals surface area (Å²) in [6.07, 6.45) is 2.74. The highest BCUT2D eigenvalue weighted by atomic mass is 35.5. The quantitative estimate of drug-likeness (QED) is 0.901. The van der Waals surface area contributed by atoms with E-state index in [9.17, 15) is 8.42 Å². The fourth-order valence-electron chi connectivity index (χ4n) is 1.68. The summed E-state index contributed by atoms with van der Waals surface area (Å²) in [6.45, 7) is 0. The molecule has 0 spiro atoms. The van der Waals surface area contributed by atoms with Gasteiger partial charge in [-0.1, -0.05) is 11.6 Å². The SMILES string of the molecule is CNc1ccncc1S(=O)(=O)Nc1ccc(C#N)c(Cl)c1. The second-order valence-corrected chi connectivity index (χ2v) is 6.09. The Bertz CT molecular complexity index is 815. The van der Waals surface area contributed by atoms with E-state index in [4.69, 9.17) is 16.9 Å². The lowest BCUT2D eigenvalue weighted by Crippen LogP contribution is -2.15. The fraction of sp³-hybridized carbons (Fsp3) is 0.0769. The van der Waals surface area contributed by atoms with Crippen molar-refractivity contribution in [3.63, 3.8) is 0 Å². The van der Waals surface area contributed by atoms with Crippen molar-refractivity contribution in [2.75, 3.05) is 17.1 Å². The molecule has 0 radical (unpaired) electrons. The molecule has 21 heavy (non-hydrogen) atoms. The van der Waals surface area contributed by atoms with E-state index in [1.807, 2.05) is 6.07 Å². The van der Waals surface area contributed by atoms with Gasteiger partial charge in [0, 0.05) is 19.4 Å². The monoisotopic (exact) mass is 322 g/mol. The van der Waals surface area contributed by atoms with E-state index in [0.717, 1.165) is 0 Å². The molecule has 0 unspecified atom stereocenters. The maximum atomic E-state index is 12.3. The molecule has 6 nitrogen and oxygen atoms in total. The predicted molar refractivity (Wildman–Crippen MR) is 80.8 cm³/mol. The van der Waals surface area contributed by atoms with Gasteiger partial charge in [0.2, 0.25) is 0 Å². The number of pyridine rings is 1. The van der Waals surface area contributed by atoms with Gasteiger partial charge >= 0.3 is 0 Å². The second kappa shape index (κ2) is 5.99. The number of anilines is 2. The molecule has 0 amide bonds. The Kier molecular flexibility index (Phi) is 4.31. The summed E-state index contributed by atoms with van der Waals surface area (Å²) in [5.74, 6) is 0. The van der Waals surface area contributed by atoms with Gasteiger partial charge in [0.15, 0.2) is 0 Å². The molecule has 2 aromatic rings. The Labute approximate surface area is 127 Å². The topological polar surface area (TPSA) is 94.9 Å². The highest BCUT2D eigenvalue weighted by Crippen LogP contribution is 2.25. The summed E-state index contributed by atoms with van der Waals surface area (Å²) < 4.78 is 27.1. The van der Waals surface area contributed by atoms with Gasteiger partial charge in [-0.2, -0.15) is 5.26 Å². The molecule has 0 saturated heterocycles. The predicted octanol–water partition coefficient (Wildman–Crippen LogP) is 2.45. The molecule has 0 fully saturated rings. The molecule has 1 aromatic carbocycles. The van der Waals surface area contributed by atoms with Gasteiger partial charge < -0.3 is 5.32 Å². The van der Waals surface area contributed by atoms with Crippen LogP contribution in [0.5, 0.6) is 0 Å². The first kappa shape index (κ1) is 15.1. The van der Waals surface area contributed by atoms with Crippen molar-refractivity contribution >= 4 is 33.0 Å². The first-order valence-electron chi connectivity index (χ1n) is 5.82. The van der Waals surface area contributed by atoms with E-state index in [1.54, 1.807) is 13.1 Å². The van der Waals surface area contributed by atoms with E-state index in [0.29, 0.717) is 5.69 Å². The summed E-state index contributed by atoms with van der Waals surface area (Å²) in [7, 11) is -2.19. The molecular formula is C13H11ClN4O2S. The van der Waals surface area contributed by atoms with Crippen LogP contribution in [-0.2, 0) is 10.0 Å². The van der Waals surface area contributed by atoms with Gasteiger partial charge in [0.25, 0.3) is 10.0 Å². The maximum absolute atomic E-state index is 12.3. The van der Waals surface area contributed by atoms with Crippen molar-refractivity contribution in [3.05, 3.63) is 47.2 Å². The minimum absolute atomic E-state index is 0.0213. The zero-order chi connectivity index (χ0) is 15.5. The highest BCUT2D eigenvalue weighted by molar-refractivity contribution is 7.92. The highest BCUT2D eigenvalue weighted by Gasteiger charge is 2.19. The van der Waals surface area contributed by atoms with Gasteiger partial charge in [0.05, 0.1) is 22.0 Å². The van der Waals surface area contributed by atoms with E-state index in [2.05, 4.69) is 15.0 Å². The number of halogens is 1. The van der Waals surface area contributed by atoms with E-state index in [-0.39, 0.29) is 21.2 Å². The summed E-state index contributed by atoms with van der Waals surface area (Å²) in [4.78, 5) is 3.84. The summed E-state index contributed by atoms with van der Waals surface area (Å²) in [5, 5.41) is 11.8. The molecule has 108 valence electrons. The van der Waals surface area contributed by atoms with E-state index < -0.39 is 10.0 Å². The summed E-state index contributed by atoms with van der Waals surface area (Å²) >= 11 is 5.88. The van der Waals surface area contributed by atoms with Gasteiger partial charge in [-0.3, -0.25) is 9.71 Å². The second-order valence-electron chi connectivity index (χ2n) is 4.03. The van der Waals surface area contributed by atoms with Gasteiger partial charge in [-0.25, -0.2) is 8.42 Å². The molecule has 0 aliphatic heterocycles. The lowest BCUT2D eigenvalue weighted by molar-refractivity contribution is 0.601. The number of aromatic nitrogens is 1. The largest absolute Gasteiger partial charge is 0.387 e. The van der Waals surface area contributed by atoms with Crippen LogP contribution in [0.2, 0.25) is 5.02 Å². The molecule has 1 heterocycles. The van der Waals surface area contributed by atoms with Crippen LogP contribution in [0.4, 0.5) is 11.4 Å². The average Bonchev–Trinajstić information content (AvgIpc) is 2.47. The number of nitriles is 1. The standard InChI is InChI=1S/C13H11ClN4O2S/c1-16-12-4-5-17-8-13(12)21(19,20)18-10-3-2-9(7-15)11(14)6-10/h2-6,8,18H,1H3,(H,16,17). The van der Waals surface area contributed by atoms with Crippen LogP contribution in [0.3, 0.4) is 0 Å². The van der Waals surface area contributed by atoms with Crippen LogP contribution in [0.15, 0.2) is 41.6 Å². The molecule has 2 N–H and O–H groups in total. The lowest BCUT2D eigenvalue weighted by Gasteiger charge is -2.11. The van der Waals surface area contributed by atoms with Gasteiger partial charge in [-0.15, -0.1) is 0 Å². The summed E-state index contributed by atoms with van der Waals surface area (Å²) in [6, 6.07) is 7.76. The van der Waals surface area contributed by atoms with Crippen LogP contribution in [0, 0.1) is 11.3 Å². The number of hydrogen-bond acceptors (Lipinski definition) is 5. The smallest absolute Gasteiger partial charge is 0.265 e. The molecule has 0 atom stereocenters. The number of hydrogen-bond donors (Lipinski definition) is 2. The van der Waals surface area contributed by atoms with E-state index >= 15 is 0 Å².